The molecule has 0 aromatic heterocycles. The van der Waals surface area contributed by atoms with Crippen LogP contribution in [0.1, 0.15) is 20.3 Å². The maximum absolute atomic E-state index is 12.8. The first kappa shape index (κ1) is 20.1. The SMILES string of the molecule is COC(=O)[C@H](C)NC(=O)CC(N[C@@H](C)C(=O)NO)C(F)(F)F. The third-order valence-corrected chi connectivity index (χ3v) is 2.67. The maximum Gasteiger partial charge on any atom is 0.404 e. The molecule has 8 nitrogen and oxygen atoms in total. The van der Waals surface area contributed by atoms with Gasteiger partial charge in [0.05, 0.1) is 19.6 Å². The summed E-state index contributed by atoms with van der Waals surface area (Å²) < 4.78 is 42.8. The van der Waals surface area contributed by atoms with Gasteiger partial charge in [-0.3, -0.25) is 20.1 Å². The first-order valence-corrected chi connectivity index (χ1v) is 6.16. The van der Waals surface area contributed by atoms with E-state index in [0.29, 0.717) is 0 Å². The van der Waals surface area contributed by atoms with Crippen molar-refractivity contribution >= 4 is 17.8 Å². The summed E-state index contributed by atoms with van der Waals surface area (Å²) >= 11 is 0. The van der Waals surface area contributed by atoms with Gasteiger partial charge in [0.25, 0.3) is 5.91 Å². The molecule has 0 radical (unpaired) electrons. The number of hydrogen-bond acceptors (Lipinski definition) is 6. The quantitative estimate of drug-likeness (QED) is 0.283. The Kier molecular flexibility index (Phi) is 7.81. The van der Waals surface area contributed by atoms with Gasteiger partial charge in [0.2, 0.25) is 5.91 Å². The molecule has 0 aromatic carbocycles. The molecule has 0 rings (SSSR count). The van der Waals surface area contributed by atoms with Crippen LogP contribution in [0.25, 0.3) is 0 Å². The smallest absolute Gasteiger partial charge is 0.404 e. The summed E-state index contributed by atoms with van der Waals surface area (Å²) in [6.45, 7) is 2.33. The van der Waals surface area contributed by atoms with Gasteiger partial charge in [0, 0.05) is 0 Å². The molecule has 2 amide bonds. The van der Waals surface area contributed by atoms with Gasteiger partial charge in [-0.15, -0.1) is 0 Å². The van der Waals surface area contributed by atoms with Crippen LogP contribution in [0.15, 0.2) is 0 Å². The molecule has 0 bridgehead atoms. The average molecular weight is 329 g/mol. The van der Waals surface area contributed by atoms with E-state index in [-0.39, 0.29) is 0 Å². The van der Waals surface area contributed by atoms with Crippen LogP contribution in [0.3, 0.4) is 0 Å². The van der Waals surface area contributed by atoms with Crippen LogP contribution < -0.4 is 16.1 Å². The second-order valence-electron chi connectivity index (χ2n) is 4.48. The Morgan fingerprint density at radius 3 is 2.14 bits per heavy atom. The molecule has 11 heteroatoms. The predicted molar refractivity (Wildman–Crippen MR) is 66.6 cm³/mol. The zero-order valence-corrected chi connectivity index (χ0v) is 12.2. The maximum atomic E-state index is 12.8. The number of esters is 1. The lowest BCUT2D eigenvalue weighted by Crippen LogP contribution is -2.53. The molecular weight excluding hydrogens is 311 g/mol. The number of hydroxylamine groups is 1. The highest BCUT2D eigenvalue weighted by Gasteiger charge is 2.42. The Balaban J connectivity index is 4.77. The minimum atomic E-state index is -4.81. The Bertz CT molecular complexity index is 416. The lowest BCUT2D eigenvalue weighted by molar-refractivity contribution is -0.165. The molecule has 0 aliphatic rings. The summed E-state index contributed by atoms with van der Waals surface area (Å²) in [5.74, 6) is -2.94. The largest absolute Gasteiger partial charge is 0.467 e. The topological polar surface area (TPSA) is 117 Å². The van der Waals surface area contributed by atoms with Crippen molar-refractivity contribution in [2.75, 3.05) is 7.11 Å². The van der Waals surface area contributed by atoms with Gasteiger partial charge in [-0.1, -0.05) is 0 Å². The Morgan fingerprint density at radius 2 is 1.73 bits per heavy atom. The van der Waals surface area contributed by atoms with Crippen LogP contribution in [0.4, 0.5) is 13.2 Å². The molecule has 0 aliphatic carbocycles. The van der Waals surface area contributed by atoms with E-state index in [4.69, 9.17) is 5.21 Å². The van der Waals surface area contributed by atoms with Gasteiger partial charge in [-0.2, -0.15) is 13.2 Å². The minimum Gasteiger partial charge on any atom is -0.467 e. The van der Waals surface area contributed by atoms with Crippen LogP contribution >= 0.6 is 0 Å². The van der Waals surface area contributed by atoms with Crippen molar-refractivity contribution in [3.8, 4) is 0 Å². The number of methoxy groups -OCH3 is 1. The van der Waals surface area contributed by atoms with Gasteiger partial charge in [0.1, 0.15) is 12.1 Å². The van der Waals surface area contributed by atoms with Crippen molar-refractivity contribution in [1.29, 1.82) is 0 Å². The third kappa shape index (κ3) is 6.72. The summed E-state index contributed by atoms with van der Waals surface area (Å²) in [5.41, 5.74) is 1.20. The Morgan fingerprint density at radius 1 is 1.18 bits per heavy atom. The number of rotatable bonds is 7. The number of hydrogen-bond donors (Lipinski definition) is 4. The molecular formula is C11H18F3N3O5. The predicted octanol–water partition coefficient (Wildman–Crippen LogP) is -0.531. The fraction of sp³-hybridized carbons (Fsp3) is 0.727. The molecule has 0 saturated carbocycles. The highest BCUT2D eigenvalue weighted by atomic mass is 19.4. The van der Waals surface area contributed by atoms with E-state index in [1.54, 1.807) is 0 Å². The van der Waals surface area contributed by atoms with Crippen molar-refractivity contribution in [2.24, 2.45) is 0 Å². The number of carbonyl (C=O) groups is 3. The second kappa shape index (κ2) is 8.54. The van der Waals surface area contributed by atoms with Gasteiger partial charge in [-0.25, -0.2) is 10.3 Å². The zero-order valence-electron chi connectivity index (χ0n) is 12.2. The van der Waals surface area contributed by atoms with Gasteiger partial charge in [-0.05, 0) is 13.8 Å². The molecule has 4 N–H and O–H groups in total. The lowest BCUT2D eigenvalue weighted by Gasteiger charge is -2.24. The van der Waals surface area contributed by atoms with E-state index in [0.717, 1.165) is 14.0 Å². The molecule has 0 aliphatic heterocycles. The Hall–Kier alpha value is -1.88. The van der Waals surface area contributed by atoms with E-state index in [2.05, 4.69) is 4.74 Å². The fourth-order valence-electron chi connectivity index (χ4n) is 1.46. The molecule has 3 atom stereocenters. The van der Waals surface area contributed by atoms with E-state index in [1.165, 1.54) is 12.4 Å². The monoisotopic (exact) mass is 329 g/mol. The standard InChI is InChI=1S/C11H18F3N3O5/c1-5(9(19)17-21)15-7(11(12,13)14)4-8(18)16-6(2)10(20)22-3/h5-7,15,21H,4H2,1-3H3,(H,16,18)(H,17,19)/t5-,6-,7?/m0/s1. The molecule has 1 unspecified atom stereocenters. The normalized spacial score (nSPS) is 15.4. The number of ether oxygens (including phenoxy) is 1. The lowest BCUT2D eigenvalue weighted by atomic mass is 10.1. The summed E-state index contributed by atoms with van der Waals surface area (Å²) in [6.07, 6.45) is -5.86. The molecule has 0 spiro atoms. The van der Waals surface area contributed by atoms with Gasteiger partial charge < -0.3 is 10.1 Å². The number of carbonyl (C=O) groups excluding carboxylic acids is 3. The van der Waals surface area contributed by atoms with E-state index in [9.17, 15) is 27.6 Å². The molecule has 0 aromatic rings. The van der Waals surface area contributed by atoms with Crippen LogP contribution in [0.5, 0.6) is 0 Å². The minimum absolute atomic E-state index is 0.808. The van der Waals surface area contributed by atoms with Crippen molar-refractivity contribution in [2.45, 2.75) is 44.6 Å². The van der Waals surface area contributed by atoms with E-state index in [1.807, 2.05) is 10.6 Å². The van der Waals surface area contributed by atoms with Crippen molar-refractivity contribution < 1.29 is 37.5 Å². The molecule has 0 saturated heterocycles. The van der Waals surface area contributed by atoms with Crippen LogP contribution in [-0.4, -0.2) is 54.4 Å². The summed E-state index contributed by atoms with van der Waals surface area (Å²) in [7, 11) is 1.07. The van der Waals surface area contributed by atoms with Crippen LogP contribution in [0, 0.1) is 0 Å². The number of nitrogens with one attached hydrogen (secondary N) is 3. The molecule has 0 fully saturated rings. The van der Waals surface area contributed by atoms with Crippen molar-refractivity contribution in [3.63, 3.8) is 0 Å². The molecule has 22 heavy (non-hydrogen) atoms. The summed E-state index contributed by atoms with van der Waals surface area (Å²) in [6, 6.07) is -4.82. The Labute approximate surface area is 124 Å². The summed E-state index contributed by atoms with van der Waals surface area (Å²) in [4.78, 5) is 33.6. The first-order valence-electron chi connectivity index (χ1n) is 6.16. The summed E-state index contributed by atoms with van der Waals surface area (Å²) in [5, 5.41) is 12.3. The van der Waals surface area contributed by atoms with Gasteiger partial charge >= 0.3 is 12.1 Å². The van der Waals surface area contributed by atoms with Gasteiger partial charge in [0.15, 0.2) is 0 Å². The number of halogens is 3. The zero-order chi connectivity index (χ0) is 17.5. The second-order valence-corrected chi connectivity index (χ2v) is 4.48. The van der Waals surface area contributed by atoms with Crippen molar-refractivity contribution in [1.82, 2.24) is 16.1 Å². The van der Waals surface area contributed by atoms with Crippen LogP contribution in [-0.2, 0) is 19.1 Å². The highest BCUT2D eigenvalue weighted by molar-refractivity contribution is 5.84. The number of alkyl halides is 3. The fourth-order valence-corrected chi connectivity index (χ4v) is 1.46. The van der Waals surface area contributed by atoms with E-state index >= 15 is 0 Å². The number of amides is 2. The van der Waals surface area contributed by atoms with E-state index < -0.39 is 48.5 Å². The highest BCUT2D eigenvalue weighted by Crippen LogP contribution is 2.23. The molecule has 128 valence electrons. The first-order chi connectivity index (χ1) is 10.0. The van der Waals surface area contributed by atoms with Crippen LogP contribution in [0.2, 0.25) is 0 Å². The van der Waals surface area contributed by atoms with Crippen molar-refractivity contribution in [3.05, 3.63) is 0 Å². The average Bonchev–Trinajstić information content (AvgIpc) is 2.43. The third-order valence-electron chi connectivity index (χ3n) is 2.67. The molecule has 0 heterocycles.